The molecule has 0 fully saturated rings. The van der Waals surface area contributed by atoms with Gasteiger partial charge in [0.2, 0.25) is 0 Å². The summed E-state index contributed by atoms with van der Waals surface area (Å²) in [6, 6.07) is 60.1. The Bertz CT molecular complexity index is 2380. The van der Waals surface area contributed by atoms with Crippen molar-refractivity contribution in [2.75, 3.05) is 4.90 Å². The summed E-state index contributed by atoms with van der Waals surface area (Å²) in [7, 11) is -2.19. The quantitative estimate of drug-likeness (QED) is 0.102. The van der Waals surface area contributed by atoms with Crippen LogP contribution in [-0.2, 0) is 25.8 Å². The molecule has 0 N–H and O–H groups in total. The number of pyridine rings is 2. The van der Waals surface area contributed by atoms with Gasteiger partial charge in [-0.05, 0) is 81.0 Å². The number of hydrogen-bond acceptors (Lipinski definition) is 4. The Kier molecular flexibility index (Phi) is 10.4. The van der Waals surface area contributed by atoms with Gasteiger partial charge in [-0.3, -0.25) is 4.98 Å². The number of nitrogens with zero attached hydrogens (tertiary/aromatic N) is 3. The molecule has 2 aliphatic heterocycles. The number of anilines is 3. The zero-order valence-corrected chi connectivity index (χ0v) is 33.8. The molecule has 0 saturated heterocycles. The standard InChI is InChI=1S/C49H43N3OSi.Pd/c1-3-5-32-54(33-6-4-2)46-25-11-7-20-39(46)49(48-27-14-16-31-51-48,40-21-8-12-26-47(40)54)37-28-29-45-43(35-37)52(42-23-9-10-24-44(42)53-45)38-19-17-18-36(34-38)41-22-13-15-30-50-41;/h7-31H,3-6,32-33H2,1-2H3;/q-2;+2. The number of rotatable bonds is 10. The maximum absolute atomic E-state index is 6.68. The maximum Gasteiger partial charge on any atom is 2.00 e. The normalized spacial score (nSPS) is 14.3. The van der Waals surface area contributed by atoms with Crippen molar-refractivity contribution in [2.45, 2.75) is 57.0 Å². The van der Waals surface area contributed by atoms with E-state index in [1.54, 1.807) is 0 Å². The fourth-order valence-electron chi connectivity index (χ4n) is 9.07. The van der Waals surface area contributed by atoms with Crippen LogP contribution in [0.3, 0.4) is 0 Å². The Morgan fingerprint density at radius 1 is 0.618 bits per heavy atom. The molecule has 0 radical (unpaired) electrons. The number of aromatic nitrogens is 2. The van der Waals surface area contributed by atoms with Crippen LogP contribution >= 0.6 is 0 Å². The average molecular weight is 824 g/mol. The second-order valence-corrected chi connectivity index (χ2v) is 18.7. The summed E-state index contributed by atoms with van der Waals surface area (Å²) in [5.41, 5.74) is 8.49. The van der Waals surface area contributed by atoms with Crippen molar-refractivity contribution in [3.8, 4) is 22.8 Å². The molecule has 0 amide bonds. The molecule has 0 unspecified atom stereocenters. The Morgan fingerprint density at radius 3 is 1.95 bits per heavy atom. The molecule has 0 aliphatic carbocycles. The molecule has 0 atom stereocenters. The van der Waals surface area contributed by atoms with Crippen molar-refractivity contribution >= 4 is 35.5 Å². The minimum Gasteiger partial charge on any atom is -0.513 e. The van der Waals surface area contributed by atoms with Gasteiger partial charge in [-0.15, -0.1) is 47.5 Å². The molecule has 0 saturated carbocycles. The summed E-state index contributed by atoms with van der Waals surface area (Å²) in [4.78, 5) is 12.1. The summed E-state index contributed by atoms with van der Waals surface area (Å²) in [5.74, 6) is 1.54. The van der Waals surface area contributed by atoms with Crippen LogP contribution < -0.4 is 20.0 Å². The van der Waals surface area contributed by atoms with Gasteiger partial charge in [-0.25, -0.2) is 0 Å². The van der Waals surface area contributed by atoms with Crippen LogP contribution in [0.1, 0.15) is 61.9 Å². The van der Waals surface area contributed by atoms with Gasteiger partial charge in [0, 0.05) is 18.1 Å². The zero-order valence-electron chi connectivity index (χ0n) is 31.2. The number of benzene rings is 5. The molecule has 9 rings (SSSR count). The summed E-state index contributed by atoms with van der Waals surface area (Å²) in [5, 5.41) is 3.08. The first-order chi connectivity index (χ1) is 26.7. The fourth-order valence-corrected chi connectivity index (χ4v) is 15.0. The number of hydrogen-bond donors (Lipinski definition) is 0. The van der Waals surface area contributed by atoms with E-state index in [-0.39, 0.29) is 20.4 Å². The van der Waals surface area contributed by atoms with Gasteiger partial charge in [0.1, 0.15) is 13.8 Å². The van der Waals surface area contributed by atoms with Crippen molar-refractivity contribution in [1.82, 2.24) is 9.97 Å². The van der Waals surface area contributed by atoms with Gasteiger partial charge in [0.15, 0.2) is 0 Å². The largest absolute Gasteiger partial charge is 2.00 e. The fraction of sp³-hybridized carbons (Fsp3) is 0.184. The van der Waals surface area contributed by atoms with E-state index in [0.29, 0.717) is 0 Å². The van der Waals surface area contributed by atoms with E-state index in [1.165, 1.54) is 59.3 Å². The smallest absolute Gasteiger partial charge is 0.513 e. The molecule has 7 aromatic rings. The number of unbranched alkanes of at least 4 members (excludes halogenated alkanes) is 2. The number of ether oxygens (including phenoxy) is 1. The van der Waals surface area contributed by atoms with E-state index < -0.39 is 13.5 Å². The minimum atomic E-state index is -2.19. The molecule has 0 bridgehead atoms. The van der Waals surface area contributed by atoms with Crippen LogP contribution in [0.4, 0.5) is 17.1 Å². The molecule has 2 aromatic heterocycles. The molecular formula is C49H43N3OPdSi. The third kappa shape index (κ3) is 6.08. The van der Waals surface area contributed by atoms with E-state index in [9.17, 15) is 0 Å². The van der Waals surface area contributed by atoms with Crippen molar-refractivity contribution < 1.29 is 25.2 Å². The van der Waals surface area contributed by atoms with E-state index in [1.807, 2.05) is 48.8 Å². The molecule has 4 heterocycles. The van der Waals surface area contributed by atoms with Crippen LogP contribution in [0.2, 0.25) is 12.1 Å². The van der Waals surface area contributed by atoms with Gasteiger partial charge >= 0.3 is 20.4 Å². The zero-order chi connectivity index (χ0) is 36.5. The monoisotopic (exact) mass is 823 g/mol. The van der Waals surface area contributed by atoms with Crippen molar-refractivity contribution in [2.24, 2.45) is 0 Å². The molecule has 2 aliphatic rings. The number of para-hydroxylation sites is 2. The maximum atomic E-state index is 6.68. The predicted octanol–water partition coefficient (Wildman–Crippen LogP) is 11.2. The third-order valence-corrected chi connectivity index (χ3v) is 16.8. The Hall–Kier alpha value is -5.12. The molecule has 5 aromatic carbocycles. The summed E-state index contributed by atoms with van der Waals surface area (Å²) >= 11 is 0. The molecule has 6 heteroatoms. The van der Waals surface area contributed by atoms with Crippen LogP contribution in [0, 0.1) is 12.1 Å². The van der Waals surface area contributed by atoms with E-state index in [0.717, 1.165) is 51.1 Å². The summed E-state index contributed by atoms with van der Waals surface area (Å²) in [6.45, 7) is 4.66. The molecule has 274 valence electrons. The molecule has 55 heavy (non-hydrogen) atoms. The Morgan fingerprint density at radius 2 is 1.27 bits per heavy atom. The first kappa shape index (κ1) is 36.8. The van der Waals surface area contributed by atoms with Crippen molar-refractivity contribution in [3.05, 3.63) is 186 Å². The van der Waals surface area contributed by atoms with Gasteiger partial charge < -0.3 is 14.6 Å². The topological polar surface area (TPSA) is 38.2 Å². The summed E-state index contributed by atoms with van der Waals surface area (Å²) in [6.07, 6.45) is 8.59. The SMILES string of the molecule is CCCC[Si]1(CCCC)c2ccccc2C(c2[c-]c3c(cc2)Oc2ccccc2N3c2[c-]c(-c3ccccn3)ccc2)(c2ccccn2)c2ccccc21.[Pd+2]. The first-order valence-corrected chi connectivity index (χ1v) is 21.8. The van der Waals surface area contributed by atoms with E-state index in [4.69, 9.17) is 9.72 Å². The van der Waals surface area contributed by atoms with Crippen LogP contribution in [0.15, 0.2) is 152 Å². The molecule has 4 nitrogen and oxygen atoms in total. The van der Waals surface area contributed by atoms with Crippen LogP contribution in [0.25, 0.3) is 11.3 Å². The summed E-state index contributed by atoms with van der Waals surface area (Å²) < 4.78 is 6.68. The van der Waals surface area contributed by atoms with E-state index in [2.05, 4.69) is 139 Å². The van der Waals surface area contributed by atoms with Gasteiger partial charge in [-0.1, -0.05) is 118 Å². The Balaban J connectivity index is 0.00000427. The second kappa shape index (κ2) is 15.6. The number of fused-ring (bicyclic) bond motifs is 4. The molecule has 0 spiro atoms. The van der Waals surface area contributed by atoms with Gasteiger partial charge in [0.25, 0.3) is 0 Å². The first-order valence-electron chi connectivity index (χ1n) is 19.4. The third-order valence-electron chi connectivity index (χ3n) is 11.5. The van der Waals surface area contributed by atoms with Gasteiger partial charge in [-0.2, -0.15) is 6.07 Å². The van der Waals surface area contributed by atoms with Gasteiger partial charge in [0.05, 0.1) is 16.8 Å². The minimum absolute atomic E-state index is 0. The van der Waals surface area contributed by atoms with Crippen molar-refractivity contribution in [3.63, 3.8) is 0 Å². The van der Waals surface area contributed by atoms with E-state index >= 15 is 0 Å². The van der Waals surface area contributed by atoms with Crippen LogP contribution in [0.5, 0.6) is 11.5 Å². The average Bonchev–Trinajstić information content (AvgIpc) is 3.24. The van der Waals surface area contributed by atoms with Crippen LogP contribution in [-0.4, -0.2) is 18.0 Å². The predicted molar refractivity (Wildman–Crippen MR) is 223 cm³/mol. The second-order valence-electron chi connectivity index (χ2n) is 14.5. The van der Waals surface area contributed by atoms with Crippen molar-refractivity contribution in [1.29, 1.82) is 0 Å². The Labute approximate surface area is 340 Å². The molecular weight excluding hydrogens is 781 g/mol.